The minimum Gasteiger partial charge on any atom is -0.245 e. The van der Waals surface area contributed by atoms with Gasteiger partial charge >= 0.3 is 0 Å². The van der Waals surface area contributed by atoms with Crippen molar-refractivity contribution in [3.8, 4) is 44.8 Å². The van der Waals surface area contributed by atoms with Gasteiger partial charge in [0.2, 0.25) is 0 Å². The molecule has 2 heterocycles. The number of rotatable bonds is 4. The first kappa shape index (κ1) is 19.9. The molecule has 34 heavy (non-hydrogen) atoms. The Morgan fingerprint density at radius 3 is 1.21 bits per heavy atom. The molecule has 4 nitrogen and oxygen atoms in total. The van der Waals surface area contributed by atoms with Gasteiger partial charge in [-0.2, -0.15) is 0 Å². The summed E-state index contributed by atoms with van der Waals surface area (Å²) in [6.45, 7) is 0. The maximum absolute atomic E-state index is 4.37. The molecule has 0 amide bonds. The van der Waals surface area contributed by atoms with E-state index in [1.807, 2.05) is 12.1 Å². The molecule has 160 valence electrons. The van der Waals surface area contributed by atoms with Crippen molar-refractivity contribution in [1.82, 2.24) is 19.9 Å². The lowest BCUT2D eigenvalue weighted by molar-refractivity contribution is 1.17. The molecule has 6 rings (SSSR count). The fourth-order valence-corrected chi connectivity index (χ4v) is 4.28. The Labute approximate surface area is 197 Å². The number of fused-ring (bicyclic) bond motifs is 1. The number of hydrogen-bond donors (Lipinski definition) is 0. The second kappa shape index (κ2) is 8.68. The van der Waals surface area contributed by atoms with Crippen LogP contribution in [0.3, 0.4) is 0 Å². The normalized spacial score (nSPS) is 10.9. The van der Waals surface area contributed by atoms with Crippen LogP contribution in [0.4, 0.5) is 0 Å². The van der Waals surface area contributed by atoms with Crippen LogP contribution in [0.1, 0.15) is 0 Å². The van der Waals surface area contributed by atoms with Crippen LogP contribution in [-0.4, -0.2) is 19.9 Å². The van der Waals surface area contributed by atoms with Gasteiger partial charge in [-0.1, -0.05) is 72.8 Å². The highest BCUT2D eigenvalue weighted by Gasteiger charge is 2.11. The summed E-state index contributed by atoms with van der Waals surface area (Å²) in [5.74, 6) is 0. The lowest BCUT2D eigenvalue weighted by Gasteiger charge is -2.14. The van der Waals surface area contributed by atoms with Crippen LogP contribution in [-0.2, 0) is 0 Å². The standard InChI is InChI=1S/C30H20N4/c1-2-4-26-18-28(22-7-11-24(12-8-22)30-14-16-32-20-34-30)27(17-25(26)3-1)21-5-9-23(10-6-21)29-13-15-31-19-33-29/h1-20H. The first-order valence-corrected chi connectivity index (χ1v) is 11.1. The van der Waals surface area contributed by atoms with E-state index in [4.69, 9.17) is 0 Å². The van der Waals surface area contributed by atoms with Crippen molar-refractivity contribution in [2.24, 2.45) is 0 Å². The van der Waals surface area contributed by atoms with Gasteiger partial charge in [0, 0.05) is 23.5 Å². The van der Waals surface area contributed by atoms with Crippen molar-refractivity contribution in [3.05, 3.63) is 122 Å². The molecule has 0 bridgehead atoms. The molecule has 0 saturated carbocycles. The van der Waals surface area contributed by atoms with Crippen molar-refractivity contribution in [2.75, 3.05) is 0 Å². The van der Waals surface area contributed by atoms with E-state index >= 15 is 0 Å². The minimum absolute atomic E-state index is 0.917. The average Bonchev–Trinajstić information content (AvgIpc) is 2.93. The third-order valence-corrected chi connectivity index (χ3v) is 6.03. The molecule has 2 aromatic heterocycles. The Balaban J connectivity index is 1.46. The number of nitrogens with zero attached hydrogens (tertiary/aromatic N) is 4. The van der Waals surface area contributed by atoms with Crippen molar-refractivity contribution in [2.45, 2.75) is 0 Å². The van der Waals surface area contributed by atoms with Gasteiger partial charge in [0.05, 0.1) is 11.4 Å². The number of hydrogen-bond acceptors (Lipinski definition) is 4. The molecule has 0 aliphatic carbocycles. The Hall–Kier alpha value is -4.70. The summed E-state index contributed by atoms with van der Waals surface area (Å²) in [5, 5.41) is 2.44. The molecule has 0 atom stereocenters. The van der Waals surface area contributed by atoms with E-state index in [1.165, 1.54) is 33.0 Å². The average molecular weight is 437 g/mol. The van der Waals surface area contributed by atoms with Crippen LogP contribution >= 0.6 is 0 Å². The molecule has 0 fully saturated rings. The molecule has 0 aliphatic rings. The van der Waals surface area contributed by atoms with E-state index < -0.39 is 0 Å². The maximum Gasteiger partial charge on any atom is 0.116 e. The summed E-state index contributed by atoms with van der Waals surface area (Å²) in [6.07, 6.45) is 6.69. The smallest absolute Gasteiger partial charge is 0.116 e. The zero-order chi connectivity index (χ0) is 22.7. The van der Waals surface area contributed by atoms with E-state index in [0.717, 1.165) is 22.5 Å². The van der Waals surface area contributed by atoms with Gasteiger partial charge in [-0.05, 0) is 57.3 Å². The summed E-state index contributed by atoms with van der Waals surface area (Å²) in [4.78, 5) is 16.8. The summed E-state index contributed by atoms with van der Waals surface area (Å²) >= 11 is 0. The minimum atomic E-state index is 0.917. The van der Waals surface area contributed by atoms with Crippen LogP contribution in [0.15, 0.2) is 122 Å². The fourth-order valence-electron chi connectivity index (χ4n) is 4.28. The lowest BCUT2D eigenvalue weighted by Crippen LogP contribution is -1.89. The first-order valence-electron chi connectivity index (χ1n) is 11.1. The van der Waals surface area contributed by atoms with Gasteiger partial charge in [-0.15, -0.1) is 0 Å². The largest absolute Gasteiger partial charge is 0.245 e. The Bertz CT molecular complexity index is 1440. The van der Waals surface area contributed by atoms with Crippen LogP contribution in [0, 0.1) is 0 Å². The second-order valence-corrected chi connectivity index (χ2v) is 8.09. The fraction of sp³-hybridized carbons (Fsp3) is 0. The van der Waals surface area contributed by atoms with Crippen LogP contribution in [0.2, 0.25) is 0 Å². The van der Waals surface area contributed by atoms with Crippen LogP contribution in [0.5, 0.6) is 0 Å². The summed E-state index contributed by atoms with van der Waals surface area (Å²) in [7, 11) is 0. The number of aromatic nitrogens is 4. The topological polar surface area (TPSA) is 51.6 Å². The highest BCUT2D eigenvalue weighted by molar-refractivity contribution is 5.96. The van der Waals surface area contributed by atoms with E-state index in [1.54, 1.807) is 25.0 Å². The van der Waals surface area contributed by atoms with Gasteiger partial charge in [0.1, 0.15) is 12.7 Å². The van der Waals surface area contributed by atoms with Gasteiger partial charge in [0.15, 0.2) is 0 Å². The predicted octanol–water partition coefficient (Wildman–Crippen LogP) is 7.09. The van der Waals surface area contributed by atoms with Crippen molar-refractivity contribution < 1.29 is 0 Å². The summed E-state index contributed by atoms with van der Waals surface area (Å²) in [5.41, 5.74) is 8.70. The Kier molecular flexibility index (Phi) is 5.09. The van der Waals surface area contributed by atoms with Gasteiger partial charge < -0.3 is 0 Å². The van der Waals surface area contributed by atoms with E-state index in [0.29, 0.717) is 0 Å². The van der Waals surface area contributed by atoms with E-state index in [-0.39, 0.29) is 0 Å². The molecular formula is C30H20N4. The molecule has 4 heteroatoms. The highest BCUT2D eigenvalue weighted by atomic mass is 14.8. The quantitative estimate of drug-likeness (QED) is 0.296. The third-order valence-electron chi connectivity index (χ3n) is 6.03. The van der Waals surface area contributed by atoms with E-state index in [2.05, 4.69) is 105 Å². The highest BCUT2D eigenvalue weighted by Crippen LogP contribution is 2.37. The Morgan fingerprint density at radius 1 is 0.412 bits per heavy atom. The molecular weight excluding hydrogens is 416 g/mol. The predicted molar refractivity (Wildman–Crippen MR) is 137 cm³/mol. The molecule has 0 N–H and O–H groups in total. The van der Waals surface area contributed by atoms with Crippen LogP contribution < -0.4 is 0 Å². The summed E-state index contributed by atoms with van der Waals surface area (Å²) in [6, 6.07) is 34.1. The molecule has 0 aliphatic heterocycles. The summed E-state index contributed by atoms with van der Waals surface area (Å²) < 4.78 is 0. The SMILES string of the molecule is c1ccc2cc(-c3ccc(-c4ccncn4)cc3)c(-c3ccc(-c4ccncn4)cc3)cc2c1. The zero-order valence-corrected chi connectivity index (χ0v) is 18.3. The molecule has 0 saturated heterocycles. The molecule has 0 radical (unpaired) electrons. The van der Waals surface area contributed by atoms with Crippen molar-refractivity contribution in [1.29, 1.82) is 0 Å². The van der Waals surface area contributed by atoms with Gasteiger partial charge in [-0.3, -0.25) is 0 Å². The van der Waals surface area contributed by atoms with Crippen LogP contribution in [0.25, 0.3) is 55.5 Å². The first-order chi connectivity index (χ1) is 16.8. The third kappa shape index (κ3) is 3.82. The van der Waals surface area contributed by atoms with Gasteiger partial charge in [-0.25, -0.2) is 19.9 Å². The second-order valence-electron chi connectivity index (χ2n) is 8.09. The van der Waals surface area contributed by atoms with Crippen molar-refractivity contribution >= 4 is 10.8 Å². The molecule has 6 aromatic rings. The maximum atomic E-state index is 4.37. The van der Waals surface area contributed by atoms with Crippen molar-refractivity contribution in [3.63, 3.8) is 0 Å². The molecule has 4 aromatic carbocycles. The lowest BCUT2D eigenvalue weighted by atomic mass is 9.90. The number of benzene rings is 4. The molecule has 0 unspecified atom stereocenters. The van der Waals surface area contributed by atoms with Gasteiger partial charge in [0.25, 0.3) is 0 Å². The zero-order valence-electron chi connectivity index (χ0n) is 18.3. The van der Waals surface area contributed by atoms with E-state index in [9.17, 15) is 0 Å². The monoisotopic (exact) mass is 436 g/mol. The Morgan fingerprint density at radius 2 is 0.824 bits per heavy atom. The molecule has 0 spiro atoms.